The number of urea groups is 1. The van der Waals surface area contributed by atoms with E-state index in [0.717, 1.165) is 5.56 Å². The van der Waals surface area contributed by atoms with Crippen LogP contribution in [0, 0.1) is 10.1 Å². The first-order chi connectivity index (χ1) is 15.9. The summed E-state index contributed by atoms with van der Waals surface area (Å²) >= 11 is 6.21. The molecule has 2 amide bonds. The number of nitrogens with zero attached hydrogens (tertiary/aromatic N) is 1. The third-order valence-electron chi connectivity index (χ3n) is 5.18. The number of phenols is 1. The second-order valence-corrected chi connectivity index (χ2v) is 7.71. The molecule has 9 heteroatoms. The third kappa shape index (κ3) is 4.47. The lowest BCUT2D eigenvalue weighted by molar-refractivity contribution is -0.386. The molecule has 0 bridgehead atoms. The van der Waals surface area contributed by atoms with E-state index >= 15 is 0 Å². The molecule has 0 fully saturated rings. The maximum absolute atomic E-state index is 12.7. The zero-order valence-corrected chi connectivity index (χ0v) is 18.3. The van der Waals surface area contributed by atoms with Gasteiger partial charge in [-0.05, 0) is 41.8 Å². The Morgan fingerprint density at radius 3 is 2.48 bits per heavy atom. The molecule has 33 heavy (non-hydrogen) atoms. The van der Waals surface area contributed by atoms with E-state index in [9.17, 15) is 20.0 Å². The van der Waals surface area contributed by atoms with Crippen molar-refractivity contribution in [2.75, 3.05) is 6.61 Å². The Balaban J connectivity index is 1.99. The van der Waals surface area contributed by atoms with Gasteiger partial charge in [-0.25, -0.2) is 4.79 Å². The molecule has 1 heterocycles. The van der Waals surface area contributed by atoms with Gasteiger partial charge in [-0.3, -0.25) is 10.1 Å². The van der Waals surface area contributed by atoms with Gasteiger partial charge in [-0.2, -0.15) is 0 Å². The standard InChI is InChI=1S/C24H20ClN3O5/c1-2-33-19-13-16(12-18(23(19)29)28(31)32)22-20(14-7-4-3-5-8-14)21(26-24(30)27-22)15-9-6-10-17(25)11-15/h3-13,22,29H,2H2,1H3,(H2,26,27,30). The van der Waals surface area contributed by atoms with Gasteiger partial charge in [0.25, 0.3) is 0 Å². The number of ether oxygens (including phenoxy) is 1. The lowest BCUT2D eigenvalue weighted by Crippen LogP contribution is -2.43. The number of nitro groups is 1. The molecule has 1 unspecified atom stereocenters. The van der Waals surface area contributed by atoms with Gasteiger partial charge in [-0.15, -0.1) is 0 Å². The Morgan fingerprint density at radius 2 is 1.82 bits per heavy atom. The van der Waals surface area contributed by atoms with Crippen molar-refractivity contribution in [1.29, 1.82) is 0 Å². The van der Waals surface area contributed by atoms with Crippen molar-refractivity contribution in [1.82, 2.24) is 10.6 Å². The highest BCUT2D eigenvalue weighted by Gasteiger charge is 2.33. The molecule has 3 aromatic rings. The molecule has 1 atom stereocenters. The van der Waals surface area contributed by atoms with E-state index in [1.54, 1.807) is 25.1 Å². The fraction of sp³-hybridized carbons (Fsp3) is 0.125. The molecule has 0 saturated heterocycles. The number of rotatable bonds is 6. The predicted octanol–water partition coefficient (Wildman–Crippen LogP) is 5.27. The number of amides is 2. The smallest absolute Gasteiger partial charge is 0.320 e. The van der Waals surface area contributed by atoms with Crippen LogP contribution >= 0.6 is 11.6 Å². The molecule has 1 aliphatic heterocycles. The number of nitrogens with one attached hydrogen (secondary N) is 2. The molecular formula is C24H20ClN3O5. The van der Waals surface area contributed by atoms with Gasteiger partial charge in [0.05, 0.1) is 23.3 Å². The Bertz CT molecular complexity index is 1260. The highest BCUT2D eigenvalue weighted by Crippen LogP contribution is 2.44. The first-order valence-electron chi connectivity index (χ1n) is 10.2. The van der Waals surface area contributed by atoms with Crippen LogP contribution in [0.5, 0.6) is 11.5 Å². The Hall–Kier alpha value is -4.04. The maximum Gasteiger partial charge on any atom is 0.320 e. The molecule has 8 nitrogen and oxygen atoms in total. The van der Waals surface area contributed by atoms with Crippen molar-refractivity contribution in [3.05, 3.63) is 98.6 Å². The number of benzene rings is 3. The summed E-state index contributed by atoms with van der Waals surface area (Å²) in [6.07, 6.45) is 0. The number of halogens is 1. The minimum absolute atomic E-state index is 0.0359. The number of nitro benzene ring substituents is 1. The third-order valence-corrected chi connectivity index (χ3v) is 5.41. The SMILES string of the molecule is CCOc1cc(C2NC(=O)NC(c3cccc(Cl)c3)=C2c2ccccc2)cc([N+](=O)[O-])c1O. The van der Waals surface area contributed by atoms with E-state index in [1.165, 1.54) is 12.1 Å². The first-order valence-corrected chi connectivity index (χ1v) is 10.5. The van der Waals surface area contributed by atoms with E-state index in [1.807, 2.05) is 36.4 Å². The summed E-state index contributed by atoms with van der Waals surface area (Å²) in [6, 6.07) is 17.9. The largest absolute Gasteiger partial charge is 0.500 e. The number of hydrogen-bond donors (Lipinski definition) is 3. The summed E-state index contributed by atoms with van der Waals surface area (Å²) in [4.78, 5) is 23.6. The minimum Gasteiger partial charge on any atom is -0.500 e. The van der Waals surface area contributed by atoms with Crippen LogP contribution in [0.3, 0.4) is 0 Å². The van der Waals surface area contributed by atoms with Gasteiger partial charge < -0.3 is 20.5 Å². The summed E-state index contributed by atoms with van der Waals surface area (Å²) in [7, 11) is 0. The van der Waals surface area contributed by atoms with Gasteiger partial charge in [-0.1, -0.05) is 54.1 Å². The fourth-order valence-electron chi connectivity index (χ4n) is 3.80. The highest BCUT2D eigenvalue weighted by molar-refractivity contribution is 6.30. The topological polar surface area (TPSA) is 114 Å². The molecule has 3 N–H and O–H groups in total. The van der Waals surface area contributed by atoms with Crippen molar-refractivity contribution < 1.29 is 19.6 Å². The van der Waals surface area contributed by atoms with Crippen LogP contribution in [0.4, 0.5) is 10.5 Å². The summed E-state index contributed by atoms with van der Waals surface area (Å²) in [5, 5.41) is 28.1. The van der Waals surface area contributed by atoms with Gasteiger partial charge in [0.1, 0.15) is 0 Å². The average Bonchev–Trinajstić information content (AvgIpc) is 2.80. The van der Waals surface area contributed by atoms with Crippen molar-refractivity contribution in [2.24, 2.45) is 0 Å². The molecular weight excluding hydrogens is 446 g/mol. The zero-order valence-electron chi connectivity index (χ0n) is 17.5. The molecule has 0 saturated carbocycles. The van der Waals surface area contributed by atoms with Crippen molar-refractivity contribution in [2.45, 2.75) is 13.0 Å². The van der Waals surface area contributed by atoms with Crippen molar-refractivity contribution in [3.63, 3.8) is 0 Å². The number of hydrogen-bond acceptors (Lipinski definition) is 5. The highest BCUT2D eigenvalue weighted by atomic mass is 35.5. The number of carbonyl (C=O) groups excluding carboxylic acids is 1. The average molecular weight is 466 g/mol. The van der Waals surface area contributed by atoms with Crippen LogP contribution in [-0.4, -0.2) is 22.7 Å². The quantitative estimate of drug-likeness (QED) is 0.338. The van der Waals surface area contributed by atoms with E-state index < -0.39 is 28.4 Å². The Morgan fingerprint density at radius 1 is 1.09 bits per heavy atom. The van der Waals surface area contributed by atoms with Gasteiger partial charge in [0, 0.05) is 16.7 Å². The molecule has 4 rings (SSSR count). The molecule has 1 aliphatic rings. The molecule has 3 aromatic carbocycles. The van der Waals surface area contributed by atoms with Gasteiger partial charge in [0.2, 0.25) is 5.75 Å². The minimum atomic E-state index is -0.770. The van der Waals surface area contributed by atoms with E-state index in [4.69, 9.17) is 16.3 Å². The summed E-state index contributed by atoms with van der Waals surface area (Å²) in [5.41, 5.74) is 2.54. The lowest BCUT2D eigenvalue weighted by Gasteiger charge is -2.31. The molecule has 168 valence electrons. The summed E-state index contributed by atoms with van der Waals surface area (Å²) < 4.78 is 5.44. The normalized spacial score (nSPS) is 15.6. The molecule has 0 aliphatic carbocycles. The van der Waals surface area contributed by atoms with E-state index in [-0.39, 0.29) is 12.4 Å². The fourth-order valence-corrected chi connectivity index (χ4v) is 3.99. The molecule has 0 radical (unpaired) electrons. The van der Waals surface area contributed by atoms with Gasteiger partial charge in [0.15, 0.2) is 5.75 Å². The first kappa shape index (κ1) is 22.2. The van der Waals surface area contributed by atoms with Crippen LogP contribution in [0.25, 0.3) is 11.3 Å². The van der Waals surface area contributed by atoms with Crippen LogP contribution in [0.2, 0.25) is 5.02 Å². The van der Waals surface area contributed by atoms with E-state index in [2.05, 4.69) is 10.6 Å². The van der Waals surface area contributed by atoms with Crippen molar-refractivity contribution in [3.8, 4) is 11.5 Å². The molecule has 0 spiro atoms. The number of aromatic hydroxyl groups is 1. The second kappa shape index (κ2) is 9.22. The summed E-state index contributed by atoms with van der Waals surface area (Å²) in [5.74, 6) is -0.600. The van der Waals surface area contributed by atoms with Crippen LogP contribution < -0.4 is 15.4 Å². The van der Waals surface area contributed by atoms with Gasteiger partial charge >= 0.3 is 11.7 Å². The van der Waals surface area contributed by atoms with Crippen LogP contribution in [-0.2, 0) is 0 Å². The summed E-state index contributed by atoms with van der Waals surface area (Å²) in [6.45, 7) is 1.90. The molecule has 0 aromatic heterocycles. The predicted molar refractivity (Wildman–Crippen MR) is 125 cm³/mol. The second-order valence-electron chi connectivity index (χ2n) is 7.27. The number of carbonyl (C=O) groups is 1. The Labute approximate surface area is 194 Å². The van der Waals surface area contributed by atoms with Crippen molar-refractivity contribution >= 4 is 34.6 Å². The maximum atomic E-state index is 12.7. The monoisotopic (exact) mass is 465 g/mol. The van der Waals surface area contributed by atoms with Crippen LogP contribution in [0.15, 0.2) is 66.7 Å². The van der Waals surface area contributed by atoms with E-state index in [0.29, 0.717) is 27.4 Å². The van der Waals surface area contributed by atoms with Crippen LogP contribution in [0.1, 0.15) is 29.7 Å². The Kier molecular flexibility index (Phi) is 6.19. The lowest BCUT2D eigenvalue weighted by atomic mass is 9.87. The zero-order chi connectivity index (χ0) is 23.5. The number of phenolic OH excluding ortho intramolecular Hbond substituents is 1.